The molecule has 1 aliphatic rings. The van der Waals surface area contributed by atoms with Crippen molar-refractivity contribution in [3.8, 4) is 16.9 Å². The molecule has 40 heavy (non-hydrogen) atoms. The van der Waals surface area contributed by atoms with E-state index in [1.165, 1.54) is 59.8 Å². The van der Waals surface area contributed by atoms with Gasteiger partial charge >= 0.3 is 0 Å². The Balaban J connectivity index is 1.81. The topological polar surface area (TPSA) is 63.8 Å². The highest BCUT2D eigenvalue weighted by Crippen LogP contribution is 2.42. The van der Waals surface area contributed by atoms with E-state index in [1.807, 2.05) is 0 Å². The van der Waals surface area contributed by atoms with Crippen LogP contribution in [0, 0.1) is 30.2 Å². The predicted molar refractivity (Wildman–Crippen MR) is 146 cm³/mol. The standard InChI is InChI=1S/C29H21ClF4N2O3S/c1-14-17(12-18-19(31)8-5-9-20(18)32)29-36(28(37)24(14)15-6-4-11-23(39-2)26(15)34)22(13-40-29)27(35-38)16-7-3-10-21(33)25(16)30/h3-11,22,38H,12-13H2,1-2H3. The zero-order valence-corrected chi connectivity index (χ0v) is 22.7. The van der Waals surface area contributed by atoms with Gasteiger partial charge in [0.05, 0.1) is 28.8 Å². The summed E-state index contributed by atoms with van der Waals surface area (Å²) in [6.07, 6.45) is -0.245. The molecule has 0 amide bonds. The second-order valence-electron chi connectivity index (χ2n) is 9.07. The van der Waals surface area contributed by atoms with Crippen LogP contribution in [0.25, 0.3) is 11.1 Å². The quantitative estimate of drug-likeness (QED) is 0.112. The fraction of sp³-hybridized carbons (Fsp3) is 0.172. The lowest BCUT2D eigenvalue weighted by Gasteiger charge is -2.22. The van der Waals surface area contributed by atoms with E-state index < -0.39 is 34.9 Å². The van der Waals surface area contributed by atoms with Crippen molar-refractivity contribution in [3.63, 3.8) is 0 Å². The van der Waals surface area contributed by atoms with Crippen molar-refractivity contribution >= 4 is 29.1 Å². The number of methoxy groups -OCH3 is 1. The average molecular weight is 589 g/mol. The van der Waals surface area contributed by atoms with Crippen LogP contribution >= 0.6 is 23.4 Å². The van der Waals surface area contributed by atoms with Gasteiger partial charge in [-0.25, -0.2) is 17.6 Å². The molecular formula is C29H21ClF4N2O3S. The van der Waals surface area contributed by atoms with Crippen LogP contribution in [0.1, 0.15) is 28.3 Å². The van der Waals surface area contributed by atoms with E-state index in [0.717, 1.165) is 18.2 Å². The molecule has 0 fully saturated rings. The van der Waals surface area contributed by atoms with E-state index in [0.29, 0.717) is 16.2 Å². The Morgan fingerprint density at radius 1 is 1.05 bits per heavy atom. The summed E-state index contributed by atoms with van der Waals surface area (Å²) >= 11 is 7.38. The SMILES string of the molecule is COc1cccc(-c2c(C)c(Cc3c(F)cccc3F)c3n(c2=O)C(C(=NO)c2cccc(F)c2Cl)CS3)c1F. The number of hydrogen-bond acceptors (Lipinski definition) is 5. The van der Waals surface area contributed by atoms with Crippen LogP contribution in [-0.2, 0) is 6.42 Å². The van der Waals surface area contributed by atoms with E-state index in [1.54, 1.807) is 6.92 Å². The third-order valence-electron chi connectivity index (χ3n) is 6.95. The average Bonchev–Trinajstić information content (AvgIpc) is 3.37. The van der Waals surface area contributed by atoms with Gasteiger partial charge in [-0.1, -0.05) is 47.1 Å². The Labute approximate surface area is 235 Å². The Morgan fingerprint density at radius 3 is 2.38 bits per heavy atom. The normalized spacial score (nSPS) is 14.9. The minimum Gasteiger partial charge on any atom is -0.494 e. The summed E-state index contributed by atoms with van der Waals surface area (Å²) in [6.45, 7) is 1.59. The summed E-state index contributed by atoms with van der Waals surface area (Å²) in [7, 11) is 1.29. The number of halogens is 5. The van der Waals surface area contributed by atoms with Gasteiger partial charge in [0.2, 0.25) is 0 Å². The molecule has 0 spiro atoms. The van der Waals surface area contributed by atoms with Gasteiger partial charge in [-0.05, 0) is 42.3 Å². The molecule has 4 aromatic rings. The molecule has 2 heterocycles. The number of rotatable bonds is 6. The van der Waals surface area contributed by atoms with Gasteiger partial charge in [-0.15, -0.1) is 11.8 Å². The highest BCUT2D eigenvalue weighted by Gasteiger charge is 2.36. The number of thioether (sulfide) groups is 1. The third kappa shape index (κ3) is 4.54. The molecule has 1 N–H and O–H groups in total. The van der Waals surface area contributed by atoms with E-state index in [4.69, 9.17) is 16.3 Å². The molecule has 0 saturated carbocycles. The minimum atomic E-state index is -0.964. The summed E-state index contributed by atoms with van der Waals surface area (Å²) in [5.41, 5.74) is -0.316. The number of benzene rings is 3. The molecule has 0 radical (unpaired) electrons. The van der Waals surface area contributed by atoms with Gasteiger partial charge in [0.1, 0.15) is 23.2 Å². The molecule has 5 nitrogen and oxygen atoms in total. The first-order chi connectivity index (χ1) is 19.2. The Kier molecular flexibility index (Phi) is 7.65. The van der Waals surface area contributed by atoms with Crippen LogP contribution in [-0.4, -0.2) is 28.3 Å². The first-order valence-corrected chi connectivity index (χ1v) is 13.4. The molecule has 0 aliphatic carbocycles. The molecular weight excluding hydrogens is 568 g/mol. The maximum atomic E-state index is 15.5. The molecule has 1 aromatic heterocycles. The molecule has 3 aromatic carbocycles. The lowest BCUT2D eigenvalue weighted by atomic mass is 9.93. The van der Waals surface area contributed by atoms with Crippen LogP contribution < -0.4 is 10.3 Å². The first-order valence-electron chi connectivity index (χ1n) is 12.0. The monoisotopic (exact) mass is 588 g/mol. The molecule has 1 unspecified atom stereocenters. The first kappa shape index (κ1) is 27.8. The van der Waals surface area contributed by atoms with Crippen LogP contribution in [0.4, 0.5) is 17.6 Å². The third-order valence-corrected chi connectivity index (χ3v) is 8.53. The Morgan fingerprint density at radius 2 is 1.70 bits per heavy atom. The number of oxime groups is 1. The van der Waals surface area contributed by atoms with Crippen molar-refractivity contribution in [2.75, 3.05) is 12.9 Å². The van der Waals surface area contributed by atoms with Crippen molar-refractivity contribution in [3.05, 3.63) is 115 Å². The number of pyridine rings is 1. The largest absolute Gasteiger partial charge is 0.494 e. The van der Waals surface area contributed by atoms with Gasteiger partial charge in [-0.3, -0.25) is 9.36 Å². The van der Waals surface area contributed by atoms with Crippen LogP contribution in [0.2, 0.25) is 5.02 Å². The van der Waals surface area contributed by atoms with Gasteiger partial charge < -0.3 is 9.94 Å². The minimum absolute atomic E-state index is 0.0537. The summed E-state index contributed by atoms with van der Waals surface area (Å²) in [5, 5.41) is 13.4. The second-order valence-corrected chi connectivity index (χ2v) is 10.5. The second kappa shape index (κ2) is 11.0. The summed E-state index contributed by atoms with van der Waals surface area (Å²) < 4.78 is 65.7. The zero-order valence-electron chi connectivity index (χ0n) is 21.1. The number of aromatic nitrogens is 1. The highest BCUT2D eigenvalue weighted by atomic mass is 35.5. The Bertz CT molecular complexity index is 1720. The van der Waals surface area contributed by atoms with Crippen LogP contribution in [0.5, 0.6) is 5.75 Å². The fourth-order valence-electron chi connectivity index (χ4n) is 4.97. The van der Waals surface area contributed by atoms with E-state index in [9.17, 15) is 23.2 Å². The number of ether oxygens (including phenoxy) is 1. The molecule has 1 atom stereocenters. The Hall–Kier alpha value is -3.76. The summed E-state index contributed by atoms with van der Waals surface area (Å²) in [5.74, 6) is -3.04. The van der Waals surface area contributed by atoms with Gasteiger partial charge in [-0.2, -0.15) is 0 Å². The lowest BCUT2D eigenvalue weighted by molar-refractivity contribution is 0.315. The van der Waals surface area contributed by atoms with Crippen LogP contribution in [0.3, 0.4) is 0 Å². The van der Waals surface area contributed by atoms with Gasteiger partial charge in [0.25, 0.3) is 5.56 Å². The molecule has 11 heteroatoms. The van der Waals surface area contributed by atoms with Crippen molar-refractivity contribution in [1.82, 2.24) is 4.57 Å². The molecule has 5 rings (SSSR count). The maximum Gasteiger partial charge on any atom is 0.260 e. The van der Waals surface area contributed by atoms with Crippen molar-refractivity contribution in [2.45, 2.75) is 24.4 Å². The number of nitrogens with zero attached hydrogens (tertiary/aromatic N) is 2. The molecule has 1 aliphatic heterocycles. The van der Waals surface area contributed by atoms with Crippen LogP contribution in [0.15, 0.2) is 69.6 Å². The number of hydrogen-bond donors (Lipinski definition) is 1. The lowest BCUT2D eigenvalue weighted by Crippen LogP contribution is -2.32. The smallest absolute Gasteiger partial charge is 0.260 e. The molecule has 0 saturated heterocycles. The number of fused-ring (bicyclic) bond motifs is 1. The zero-order chi connectivity index (χ0) is 28.7. The maximum absolute atomic E-state index is 15.5. The highest BCUT2D eigenvalue weighted by molar-refractivity contribution is 7.99. The van der Waals surface area contributed by atoms with Gasteiger partial charge in [0, 0.05) is 28.9 Å². The van der Waals surface area contributed by atoms with Crippen molar-refractivity contribution in [2.24, 2.45) is 5.16 Å². The summed E-state index contributed by atoms with van der Waals surface area (Å²) in [4.78, 5) is 14.1. The van der Waals surface area contributed by atoms with E-state index in [-0.39, 0.29) is 50.9 Å². The predicted octanol–water partition coefficient (Wildman–Crippen LogP) is 7.16. The molecule has 206 valence electrons. The van der Waals surface area contributed by atoms with Crippen molar-refractivity contribution in [1.29, 1.82) is 0 Å². The fourth-order valence-corrected chi connectivity index (χ4v) is 6.56. The van der Waals surface area contributed by atoms with Crippen molar-refractivity contribution < 1.29 is 27.5 Å². The van der Waals surface area contributed by atoms with E-state index >= 15 is 4.39 Å². The molecule has 0 bridgehead atoms. The summed E-state index contributed by atoms with van der Waals surface area (Å²) in [6, 6.07) is 10.8. The van der Waals surface area contributed by atoms with Gasteiger partial charge in [0.15, 0.2) is 11.6 Å². The van der Waals surface area contributed by atoms with E-state index in [2.05, 4.69) is 5.16 Å².